The average Bonchev–Trinajstić information content (AvgIpc) is 2.44. The molecule has 1 heterocycles. The minimum absolute atomic E-state index is 0.337. The summed E-state index contributed by atoms with van der Waals surface area (Å²) in [7, 11) is 0. The Morgan fingerprint density at radius 2 is 2.00 bits per heavy atom. The monoisotopic (exact) mass is 443 g/mol. The van der Waals surface area contributed by atoms with Crippen molar-refractivity contribution >= 4 is 27.7 Å². The van der Waals surface area contributed by atoms with Gasteiger partial charge < -0.3 is 9.47 Å². The van der Waals surface area contributed by atoms with Crippen molar-refractivity contribution in [3.63, 3.8) is 0 Å². The lowest BCUT2D eigenvalue weighted by Gasteiger charge is -2.27. The first-order chi connectivity index (χ1) is 11.8. The summed E-state index contributed by atoms with van der Waals surface area (Å²) in [6.07, 6.45) is -4.57. The zero-order valence-corrected chi connectivity index (χ0v) is 15.8. The van der Waals surface area contributed by atoms with Crippen LogP contribution in [0.15, 0.2) is 16.7 Å². The molecule has 0 N–H and O–H groups in total. The van der Waals surface area contributed by atoms with Gasteiger partial charge in [-0.1, -0.05) is 0 Å². The number of nitrogens with zero attached hydrogens (tertiary/aromatic N) is 3. The van der Waals surface area contributed by atoms with Crippen molar-refractivity contribution in [3.05, 3.63) is 26.9 Å². The smallest absolute Gasteiger partial charge is 0.410 e. The van der Waals surface area contributed by atoms with Crippen molar-refractivity contribution < 1.29 is 32.4 Å². The van der Waals surface area contributed by atoms with E-state index in [-0.39, 0.29) is 5.88 Å². The highest BCUT2D eigenvalue weighted by Crippen LogP contribution is 2.27. The molecule has 26 heavy (non-hydrogen) atoms. The summed E-state index contributed by atoms with van der Waals surface area (Å²) in [5.41, 5.74) is -1.44. The molecule has 0 saturated carbocycles. The number of nitro groups is 1. The van der Waals surface area contributed by atoms with Gasteiger partial charge in [-0.25, -0.2) is 9.78 Å². The first-order valence-corrected chi connectivity index (χ1v) is 8.05. The van der Waals surface area contributed by atoms with Gasteiger partial charge in [-0.05, 0) is 36.7 Å². The predicted molar refractivity (Wildman–Crippen MR) is 87.9 cm³/mol. The van der Waals surface area contributed by atoms with E-state index in [0.717, 1.165) is 6.07 Å². The number of halogens is 4. The number of hydrogen-bond donors (Lipinski definition) is 0. The van der Waals surface area contributed by atoms with E-state index in [1.54, 1.807) is 0 Å². The first-order valence-electron chi connectivity index (χ1n) is 7.26. The van der Waals surface area contributed by atoms with Crippen LogP contribution in [0.5, 0.6) is 5.88 Å². The Kier molecular flexibility index (Phi) is 7.18. The summed E-state index contributed by atoms with van der Waals surface area (Å²) in [6, 6.07) is 1.14. The fraction of sp³-hybridized carbons (Fsp3) is 0.571. The van der Waals surface area contributed by atoms with Gasteiger partial charge in [0.05, 0.1) is 11.5 Å². The van der Waals surface area contributed by atoms with E-state index >= 15 is 0 Å². The Labute approximate surface area is 155 Å². The molecule has 8 nitrogen and oxygen atoms in total. The maximum Gasteiger partial charge on any atom is 0.410 e. The van der Waals surface area contributed by atoms with E-state index in [4.69, 9.17) is 9.47 Å². The van der Waals surface area contributed by atoms with Gasteiger partial charge in [-0.3, -0.25) is 15.0 Å². The second kappa shape index (κ2) is 8.52. The summed E-state index contributed by atoms with van der Waals surface area (Å²) >= 11 is 3.02. The van der Waals surface area contributed by atoms with Crippen LogP contribution in [0, 0.1) is 10.1 Å². The summed E-state index contributed by atoms with van der Waals surface area (Å²) in [5.74, 6) is -0.366. The molecule has 0 aliphatic heterocycles. The maximum atomic E-state index is 12.7. The Balaban J connectivity index is 2.81. The van der Waals surface area contributed by atoms with Crippen molar-refractivity contribution in [2.24, 2.45) is 0 Å². The van der Waals surface area contributed by atoms with Crippen LogP contribution in [0.4, 0.5) is 23.7 Å². The Bertz CT molecular complexity index is 664. The Hall–Kier alpha value is -2.11. The maximum absolute atomic E-state index is 12.7. The lowest BCUT2D eigenvalue weighted by atomic mass is 10.2. The standard InChI is InChI=1S/C14H17BrF3N3O5/c1-13(2,3)26-12(22)20(8-14(16,17)18)4-5-25-11-10(21(23)24)6-9(15)7-19-11/h6-7H,4-5,8H2,1-3H3. The Morgan fingerprint density at radius 3 is 2.50 bits per heavy atom. The van der Waals surface area contributed by atoms with E-state index in [0.29, 0.717) is 9.37 Å². The van der Waals surface area contributed by atoms with Crippen LogP contribution < -0.4 is 4.74 Å². The van der Waals surface area contributed by atoms with Gasteiger partial charge in [0.2, 0.25) is 0 Å². The zero-order valence-electron chi connectivity index (χ0n) is 14.2. The predicted octanol–water partition coefficient (Wildman–Crippen LogP) is 3.93. The van der Waals surface area contributed by atoms with Crippen LogP contribution in [0.2, 0.25) is 0 Å². The van der Waals surface area contributed by atoms with Gasteiger partial charge in [0.25, 0.3) is 5.88 Å². The molecule has 1 aromatic rings. The largest absolute Gasteiger partial charge is 0.471 e. The molecule has 0 spiro atoms. The second-order valence-electron chi connectivity index (χ2n) is 6.10. The molecule has 0 bridgehead atoms. The highest BCUT2D eigenvalue weighted by atomic mass is 79.9. The van der Waals surface area contributed by atoms with Crippen LogP contribution in [0.25, 0.3) is 0 Å². The third-order valence-corrected chi connectivity index (χ3v) is 3.05. The van der Waals surface area contributed by atoms with E-state index in [1.807, 2.05) is 0 Å². The summed E-state index contributed by atoms with van der Waals surface area (Å²) in [6.45, 7) is 2.07. The fourth-order valence-corrected chi connectivity index (χ4v) is 2.01. The lowest BCUT2D eigenvalue weighted by Crippen LogP contribution is -2.44. The highest BCUT2D eigenvalue weighted by molar-refractivity contribution is 9.10. The number of hydrogen-bond acceptors (Lipinski definition) is 6. The molecular formula is C14H17BrF3N3O5. The number of carbonyl (C=O) groups excluding carboxylic acids is 1. The summed E-state index contributed by atoms with van der Waals surface area (Å²) in [4.78, 5) is 26.3. The third-order valence-electron chi connectivity index (χ3n) is 2.62. The minimum Gasteiger partial charge on any atom is -0.471 e. The topological polar surface area (TPSA) is 94.8 Å². The number of pyridine rings is 1. The van der Waals surface area contributed by atoms with Crippen molar-refractivity contribution in [3.8, 4) is 5.88 Å². The average molecular weight is 444 g/mol. The van der Waals surface area contributed by atoms with Crippen molar-refractivity contribution in [1.82, 2.24) is 9.88 Å². The minimum atomic E-state index is -4.64. The van der Waals surface area contributed by atoms with Crippen LogP contribution in [0.1, 0.15) is 20.8 Å². The van der Waals surface area contributed by atoms with Gasteiger partial charge in [-0.15, -0.1) is 0 Å². The van der Waals surface area contributed by atoms with Crippen LogP contribution in [-0.4, -0.2) is 52.4 Å². The molecule has 0 atom stereocenters. The first kappa shape index (κ1) is 21.9. The van der Waals surface area contributed by atoms with E-state index in [2.05, 4.69) is 20.9 Å². The van der Waals surface area contributed by atoms with Crippen LogP contribution in [0.3, 0.4) is 0 Å². The van der Waals surface area contributed by atoms with Gasteiger partial charge in [0.15, 0.2) is 0 Å². The molecule has 0 unspecified atom stereocenters. The second-order valence-corrected chi connectivity index (χ2v) is 7.02. The number of carbonyl (C=O) groups is 1. The quantitative estimate of drug-likeness (QED) is 0.488. The molecule has 1 aromatic heterocycles. The van der Waals surface area contributed by atoms with E-state index in [9.17, 15) is 28.1 Å². The Morgan fingerprint density at radius 1 is 1.38 bits per heavy atom. The third kappa shape index (κ3) is 7.85. The molecule has 1 amide bonds. The summed E-state index contributed by atoms with van der Waals surface area (Å²) < 4.78 is 48.4. The summed E-state index contributed by atoms with van der Waals surface area (Å²) in [5, 5.41) is 11.0. The van der Waals surface area contributed by atoms with Crippen molar-refractivity contribution in [2.75, 3.05) is 19.7 Å². The molecule has 0 aliphatic carbocycles. The lowest BCUT2D eigenvalue weighted by molar-refractivity contribution is -0.386. The molecule has 0 saturated heterocycles. The molecule has 0 aromatic carbocycles. The SMILES string of the molecule is CC(C)(C)OC(=O)N(CCOc1ncc(Br)cc1[N+](=O)[O-])CC(F)(F)F. The van der Waals surface area contributed by atoms with Gasteiger partial charge in [0.1, 0.15) is 18.8 Å². The molecule has 1 rings (SSSR count). The van der Waals surface area contributed by atoms with E-state index in [1.165, 1.54) is 27.0 Å². The number of alkyl halides is 3. The normalized spacial score (nSPS) is 11.8. The van der Waals surface area contributed by atoms with Gasteiger partial charge in [-0.2, -0.15) is 13.2 Å². The molecule has 0 aliphatic rings. The highest BCUT2D eigenvalue weighted by Gasteiger charge is 2.35. The number of aromatic nitrogens is 1. The van der Waals surface area contributed by atoms with E-state index < -0.39 is 48.2 Å². The molecular weight excluding hydrogens is 427 g/mol. The zero-order chi connectivity index (χ0) is 20.1. The molecule has 0 radical (unpaired) electrons. The molecule has 12 heteroatoms. The molecule has 0 fully saturated rings. The van der Waals surface area contributed by atoms with Gasteiger partial charge >= 0.3 is 18.0 Å². The van der Waals surface area contributed by atoms with Crippen LogP contribution >= 0.6 is 15.9 Å². The molecule has 146 valence electrons. The van der Waals surface area contributed by atoms with Crippen molar-refractivity contribution in [2.45, 2.75) is 32.5 Å². The van der Waals surface area contributed by atoms with Gasteiger partial charge in [0, 0.05) is 16.7 Å². The van der Waals surface area contributed by atoms with Crippen LogP contribution in [-0.2, 0) is 4.74 Å². The fourth-order valence-electron chi connectivity index (χ4n) is 1.69. The van der Waals surface area contributed by atoms with Crippen molar-refractivity contribution in [1.29, 1.82) is 0 Å². The number of ether oxygens (including phenoxy) is 2. The number of rotatable bonds is 6. The number of amides is 1.